The van der Waals surface area contributed by atoms with Gasteiger partial charge in [0.1, 0.15) is 24.2 Å². The molecule has 0 fully saturated rings. The van der Waals surface area contributed by atoms with Crippen LogP contribution in [0.15, 0.2) is 30.4 Å². The third-order valence-corrected chi connectivity index (χ3v) is 2.26. The molecule has 1 aromatic carbocycles. The van der Waals surface area contributed by atoms with Crippen LogP contribution in [0.4, 0.5) is 4.39 Å². The van der Waals surface area contributed by atoms with Gasteiger partial charge < -0.3 is 10.1 Å². The summed E-state index contributed by atoms with van der Waals surface area (Å²) in [5.41, 5.74) is 0.899. The number of halogens is 1. The van der Waals surface area contributed by atoms with E-state index in [-0.39, 0.29) is 5.56 Å². The van der Waals surface area contributed by atoms with Crippen LogP contribution in [-0.2, 0) is 0 Å². The molecule has 0 atom stereocenters. The lowest BCUT2D eigenvalue weighted by Crippen LogP contribution is -2.26. The first-order valence-corrected chi connectivity index (χ1v) is 5.75. The van der Waals surface area contributed by atoms with Crippen LogP contribution in [0.1, 0.15) is 19.4 Å². The van der Waals surface area contributed by atoms with Gasteiger partial charge in [-0.25, -0.2) is 4.39 Å². The largest absolute Gasteiger partial charge is 0.489 e. The van der Waals surface area contributed by atoms with E-state index in [1.54, 1.807) is 12.1 Å². The van der Waals surface area contributed by atoms with E-state index in [1.165, 1.54) is 12.1 Å². The number of benzene rings is 1. The van der Waals surface area contributed by atoms with E-state index in [0.717, 1.165) is 5.57 Å². The second-order valence-electron chi connectivity index (χ2n) is 4.33. The number of nitrogens with one attached hydrogen (secondary N) is 1. The molecule has 18 heavy (non-hydrogen) atoms. The molecule has 1 aromatic rings. The van der Waals surface area contributed by atoms with E-state index >= 15 is 0 Å². The number of hydrogen-bond donors (Lipinski definition) is 1. The molecule has 0 spiro atoms. The van der Waals surface area contributed by atoms with Gasteiger partial charge in [0.25, 0.3) is 0 Å². The normalized spacial score (nSPS) is 10.2. The highest BCUT2D eigenvalue weighted by molar-refractivity contribution is 5.36. The van der Waals surface area contributed by atoms with E-state index in [1.807, 2.05) is 13.8 Å². The molecule has 4 heteroatoms. The van der Waals surface area contributed by atoms with E-state index in [4.69, 9.17) is 10.00 Å². The minimum absolute atomic E-state index is 0.0163. The number of nitrogens with zero attached hydrogens (tertiary/aromatic N) is 1. The summed E-state index contributed by atoms with van der Waals surface area (Å²) in [5.74, 6) is -0.168. The maximum Gasteiger partial charge on any atom is 0.144 e. The van der Waals surface area contributed by atoms with Crippen molar-refractivity contribution in [2.75, 3.05) is 13.2 Å². The van der Waals surface area contributed by atoms with Gasteiger partial charge in [-0.1, -0.05) is 20.4 Å². The Kier molecular flexibility index (Phi) is 5.34. The lowest BCUT2D eigenvalue weighted by Gasteiger charge is -2.12. The van der Waals surface area contributed by atoms with Crippen LogP contribution in [0.3, 0.4) is 0 Å². The number of hydrogen-bond acceptors (Lipinski definition) is 3. The van der Waals surface area contributed by atoms with Gasteiger partial charge >= 0.3 is 0 Å². The summed E-state index contributed by atoms with van der Waals surface area (Å²) in [7, 11) is 0. The SMILES string of the molecule is C=C(CNC(C)C)COc1ccc(C#N)c(F)c1. The minimum Gasteiger partial charge on any atom is -0.489 e. The summed E-state index contributed by atoms with van der Waals surface area (Å²) >= 11 is 0. The summed E-state index contributed by atoms with van der Waals surface area (Å²) in [6.07, 6.45) is 0. The molecule has 0 aliphatic rings. The standard InChI is InChI=1S/C14H17FN2O/c1-10(2)17-8-11(3)9-18-13-5-4-12(7-16)14(15)6-13/h4-6,10,17H,3,8-9H2,1-2H3. The third-order valence-electron chi connectivity index (χ3n) is 2.26. The molecule has 0 aliphatic carbocycles. The Morgan fingerprint density at radius 2 is 2.28 bits per heavy atom. The van der Waals surface area contributed by atoms with Crippen LogP contribution in [-0.4, -0.2) is 19.2 Å². The molecule has 0 radical (unpaired) electrons. The second kappa shape index (κ2) is 6.77. The predicted octanol–water partition coefficient (Wildman–Crippen LogP) is 2.63. The van der Waals surface area contributed by atoms with Crippen molar-refractivity contribution < 1.29 is 9.13 Å². The predicted molar refractivity (Wildman–Crippen MR) is 68.9 cm³/mol. The molecule has 0 amide bonds. The second-order valence-corrected chi connectivity index (χ2v) is 4.33. The summed E-state index contributed by atoms with van der Waals surface area (Å²) in [4.78, 5) is 0. The molecule has 0 bridgehead atoms. The Morgan fingerprint density at radius 1 is 1.56 bits per heavy atom. The molecule has 0 saturated heterocycles. The average molecular weight is 248 g/mol. The van der Waals surface area contributed by atoms with Crippen molar-refractivity contribution in [1.29, 1.82) is 5.26 Å². The smallest absolute Gasteiger partial charge is 0.144 e. The van der Waals surface area contributed by atoms with E-state index < -0.39 is 5.82 Å². The molecule has 0 unspecified atom stereocenters. The minimum atomic E-state index is -0.569. The van der Waals surface area contributed by atoms with Crippen LogP contribution in [0.5, 0.6) is 5.75 Å². The lowest BCUT2D eigenvalue weighted by atomic mass is 10.2. The Hall–Kier alpha value is -1.86. The highest BCUT2D eigenvalue weighted by Gasteiger charge is 2.04. The highest BCUT2D eigenvalue weighted by atomic mass is 19.1. The van der Waals surface area contributed by atoms with Gasteiger partial charge in [0.05, 0.1) is 5.56 Å². The van der Waals surface area contributed by atoms with Gasteiger partial charge in [0.2, 0.25) is 0 Å². The molecule has 1 N–H and O–H groups in total. The third kappa shape index (κ3) is 4.56. The van der Waals surface area contributed by atoms with Crippen LogP contribution >= 0.6 is 0 Å². The summed E-state index contributed by atoms with van der Waals surface area (Å²) < 4.78 is 18.7. The molecule has 0 heterocycles. The van der Waals surface area contributed by atoms with Gasteiger partial charge in [-0.15, -0.1) is 0 Å². The molecular weight excluding hydrogens is 231 g/mol. The van der Waals surface area contributed by atoms with Crippen molar-refractivity contribution in [3.05, 3.63) is 41.7 Å². The molecular formula is C14H17FN2O. The first kappa shape index (κ1) is 14.2. The van der Waals surface area contributed by atoms with Gasteiger partial charge in [-0.3, -0.25) is 0 Å². The van der Waals surface area contributed by atoms with Crippen molar-refractivity contribution in [2.45, 2.75) is 19.9 Å². The molecule has 0 saturated carbocycles. The molecule has 96 valence electrons. The number of ether oxygens (including phenoxy) is 1. The maximum atomic E-state index is 13.3. The van der Waals surface area contributed by atoms with Gasteiger partial charge in [0.15, 0.2) is 0 Å². The van der Waals surface area contributed by atoms with Crippen molar-refractivity contribution in [3.8, 4) is 11.8 Å². The molecule has 3 nitrogen and oxygen atoms in total. The number of nitriles is 1. The first-order chi connectivity index (χ1) is 8.52. The summed E-state index contributed by atoms with van der Waals surface area (Å²) in [6.45, 7) is 8.94. The van der Waals surface area contributed by atoms with E-state index in [2.05, 4.69) is 11.9 Å². The zero-order valence-electron chi connectivity index (χ0n) is 10.7. The van der Waals surface area contributed by atoms with Crippen molar-refractivity contribution >= 4 is 0 Å². The summed E-state index contributed by atoms with van der Waals surface area (Å²) in [5, 5.41) is 11.8. The van der Waals surface area contributed by atoms with Crippen molar-refractivity contribution in [1.82, 2.24) is 5.32 Å². The topological polar surface area (TPSA) is 45.0 Å². The summed E-state index contributed by atoms with van der Waals surface area (Å²) in [6, 6.07) is 6.33. The number of rotatable bonds is 6. The van der Waals surface area contributed by atoms with E-state index in [9.17, 15) is 4.39 Å². The fourth-order valence-electron chi connectivity index (χ4n) is 1.26. The van der Waals surface area contributed by atoms with Crippen molar-refractivity contribution in [2.24, 2.45) is 0 Å². The zero-order valence-corrected chi connectivity index (χ0v) is 10.7. The average Bonchev–Trinajstić information content (AvgIpc) is 2.34. The van der Waals surface area contributed by atoms with Gasteiger partial charge in [0, 0.05) is 18.7 Å². The van der Waals surface area contributed by atoms with E-state index in [0.29, 0.717) is 24.9 Å². The maximum absolute atomic E-state index is 13.3. The highest BCUT2D eigenvalue weighted by Crippen LogP contribution is 2.16. The molecule has 0 aromatic heterocycles. The van der Waals surface area contributed by atoms with Gasteiger partial charge in [-0.05, 0) is 17.7 Å². The van der Waals surface area contributed by atoms with Crippen LogP contribution in [0.2, 0.25) is 0 Å². The zero-order chi connectivity index (χ0) is 13.5. The Labute approximate surface area is 107 Å². The fourth-order valence-corrected chi connectivity index (χ4v) is 1.26. The monoisotopic (exact) mass is 248 g/mol. The lowest BCUT2D eigenvalue weighted by molar-refractivity contribution is 0.345. The fraction of sp³-hybridized carbons (Fsp3) is 0.357. The Balaban J connectivity index is 2.47. The van der Waals surface area contributed by atoms with Crippen LogP contribution in [0.25, 0.3) is 0 Å². The molecule has 0 aliphatic heterocycles. The Morgan fingerprint density at radius 3 is 2.83 bits per heavy atom. The van der Waals surface area contributed by atoms with Crippen LogP contribution < -0.4 is 10.1 Å². The van der Waals surface area contributed by atoms with Crippen LogP contribution in [0, 0.1) is 17.1 Å². The van der Waals surface area contributed by atoms with Crippen molar-refractivity contribution in [3.63, 3.8) is 0 Å². The molecule has 1 rings (SSSR count). The van der Waals surface area contributed by atoms with Gasteiger partial charge in [-0.2, -0.15) is 5.26 Å². The Bertz CT molecular complexity index is 463. The first-order valence-electron chi connectivity index (χ1n) is 5.75. The quantitative estimate of drug-likeness (QED) is 0.787.